The Morgan fingerprint density at radius 1 is 1.35 bits per heavy atom. The number of hydrogen-bond acceptors (Lipinski definition) is 4. The van der Waals surface area contributed by atoms with Crippen molar-refractivity contribution in [2.75, 3.05) is 25.4 Å². The Labute approximate surface area is 115 Å². The predicted molar refractivity (Wildman–Crippen MR) is 67.9 cm³/mol. The molecule has 0 radical (unpaired) electrons. The lowest BCUT2D eigenvalue weighted by molar-refractivity contribution is -0.185. The van der Waals surface area contributed by atoms with E-state index >= 15 is 0 Å². The van der Waals surface area contributed by atoms with Crippen LogP contribution >= 0.6 is 0 Å². The van der Waals surface area contributed by atoms with Crippen LogP contribution in [0.15, 0.2) is 12.4 Å². The number of β-amino-alcohol motifs (C(OH)–C–C–N with tert-alkyl or cyclic N) is 1. The van der Waals surface area contributed by atoms with Gasteiger partial charge in [-0.05, 0) is 25.9 Å². The van der Waals surface area contributed by atoms with Gasteiger partial charge in [0.2, 0.25) is 0 Å². The molecular weight excluding hydrogens is 273 g/mol. The molecule has 5 nitrogen and oxygen atoms in total. The van der Waals surface area contributed by atoms with Gasteiger partial charge in [-0.25, -0.2) is 0 Å². The van der Waals surface area contributed by atoms with Crippen molar-refractivity contribution >= 4 is 5.69 Å². The molecule has 20 heavy (non-hydrogen) atoms. The van der Waals surface area contributed by atoms with E-state index in [0.29, 0.717) is 25.3 Å². The third kappa shape index (κ3) is 4.11. The van der Waals surface area contributed by atoms with Crippen molar-refractivity contribution in [3.8, 4) is 0 Å². The van der Waals surface area contributed by atoms with Crippen molar-refractivity contribution in [1.29, 1.82) is 0 Å². The quantitative estimate of drug-likeness (QED) is 0.872. The second-order valence-corrected chi connectivity index (χ2v) is 5.27. The molecule has 114 valence electrons. The summed E-state index contributed by atoms with van der Waals surface area (Å²) in [6.07, 6.45) is -1.47. The summed E-state index contributed by atoms with van der Waals surface area (Å²) < 4.78 is 39.1. The summed E-state index contributed by atoms with van der Waals surface area (Å²) in [5.41, 5.74) is 6.03. The Kier molecular flexibility index (Phi) is 4.54. The van der Waals surface area contributed by atoms with Gasteiger partial charge in [0.25, 0.3) is 0 Å². The number of aliphatic hydroxyl groups excluding tert-OH is 1. The highest BCUT2D eigenvalue weighted by Gasteiger charge is 2.41. The van der Waals surface area contributed by atoms with Crippen molar-refractivity contribution in [3.63, 3.8) is 0 Å². The summed E-state index contributed by atoms with van der Waals surface area (Å²) in [6, 6.07) is 0. The molecule has 2 rings (SSSR count). The first-order valence-electron chi connectivity index (χ1n) is 6.59. The van der Waals surface area contributed by atoms with Gasteiger partial charge in [0, 0.05) is 12.7 Å². The second kappa shape index (κ2) is 6.01. The number of aromatic nitrogens is 2. The predicted octanol–water partition coefficient (Wildman–Crippen LogP) is 1.10. The number of hydrogen-bond donors (Lipinski definition) is 2. The number of alkyl halides is 3. The topological polar surface area (TPSA) is 67.3 Å². The number of nitrogens with zero attached hydrogens (tertiary/aromatic N) is 3. The smallest absolute Gasteiger partial charge is 0.391 e. The minimum Gasteiger partial charge on any atom is -0.396 e. The molecule has 0 aliphatic carbocycles. The molecule has 8 heteroatoms. The van der Waals surface area contributed by atoms with E-state index in [0.717, 1.165) is 0 Å². The van der Waals surface area contributed by atoms with Crippen LogP contribution in [0.25, 0.3) is 0 Å². The normalized spacial score (nSPS) is 20.2. The minimum absolute atomic E-state index is 0.102. The van der Waals surface area contributed by atoms with Gasteiger partial charge in [-0.3, -0.25) is 4.68 Å². The average molecular weight is 292 g/mol. The molecule has 3 N–H and O–H groups in total. The number of piperidine rings is 1. The highest BCUT2D eigenvalue weighted by atomic mass is 19.4. The van der Waals surface area contributed by atoms with Gasteiger partial charge >= 0.3 is 6.18 Å². The molecule has 0 saturated carbocycles. The van der Waals surface area contributed by atoms with Gasteiger partial charge in [-0.15, -0.1) is 0 Å². The van der Waals surface area contributed by atoms with E-state index in [1.54, 1.807) is 6.20 Å². The largest absolute Gasteiger partial charge is 0.396 e. The summed E-state index contributed by atoms with van der Waals surface area (Å²) in [7, 11) is 0. The van der Waals surface area contributed by atoms with Gasteiger partial charge in [0.1, 0.15) is 0 Å². The number of anilines is 1. The summed E-state index contributed by atoms with van der Waals surface area (Å²) in [5, 5.41) is 13.9. The molecule has 0 spiro atoms. The molecule has 1 aromatic rings. The fourth-order valence-corrected chi connectivity index (χ4v) is 2.49. The fourth-order valence-electron chi connectivity index (χ4n) is 2.49. The lowest BCUT2D eigenvalue weighted by atomic mass is 9.96. The first-order chi connectivity index (χ1) is 9.34. The first kappa shape index (κ1) is 15.1. The zero-order valence-electron chi connectivity index (χ0n) is 11.1. The zero-order valence-corrected chi connectivity index (χ0v) is 11.1. The Balaban J connectivity index is 1.75. The first-order valence-corrected chi connectivity index (χ1v) is 6.59. The Morgan fingerprint density at radius 3 is 2.50 bits per heavy atom. The summed E-state index contributed by atoms with van der Waals surface area (Å²) in [5.74, 6) is -1.21. The van der Waals surface area contributed by atoms with Crippen LogP contribution in [0.4, 0.5) is 18.9 Å². The number of nitrogen functional groups attached to an aromatic ring is 1. The third-order valence-electron chi connectivity index (χ3n) is 3.57. The summed E-state index contributed by atoms with van der Waals surface area (Å²) >= 11 is 0. The molecule has 0 bridgehead atoms. The molecule has 1 saturated heterocycles. The van der Waals surface area contributed by atoms with E-state index in [9.17, 15) is 18.3 Å². The standard InChI is InChI=1S/C12H19F3N4O/c13-12(14,15)9-1-3-18(4-2-9)7-11(20)8-19-6-10(16)5-17-19/h5-6,9,11,20H,1-4,7-8,16H2. The fraction of sp³-hybridized carbons (Fsp3) is 0.750. The Bertz CT molecular complexity index is 427. The van der Waals surface area contributed by atoms with Crippen molar-refractivity contribution in [2.45, 2.75) is 31.7 Å². The third-order valence-corrected chi connectivity index (χ3v) is 3.57. The van der Waals surface area contributed by atoms with Crippen LogP contribution in [-0.2, 0) is 6.54 Å². The van der Waals surface area contributed by atoms with Crippen LogP contribution in [0.2, 0.25) is 0 Å². The molecule has 1 unspecified atom stereocenters. The average Bonchev–Trinajstić information content (AvgIpc) is 2.74. The number of halogens is 3. The van der Waals surface area contributed by atoms with Crippen LogP contribution in [0.1, 0.15) is 12.8 Å². The number of rotatable bonds is 4. The van der Waals surface area contributed by atoms with Gasteiger partial charge in [0.15, 0.2) is 0 Å². The molecule has 2 heterocycles. The van der Waals surface area contributed by atoms with Crippen molar-refractivity contribution in [1.82, 2.24) is 14.7 Å². The van der Waals surface area contributed by atoms with Crippen LogP contribution in [-0.4, -0.2) is 51.7 Å². The Morgan fingerprint density at radius 2 is 2.00 bits per heavy atom. The van der Waals surface area contributed by atoms with Crippen LogP contribution in [0.5, 0.6) is 0 Å². The van der Waals surface area contributed by atoms with E-state index in [-0.39, 0.29) is 19.4 Å². The number of aliphatic hydroxyl groups is 1. The monoisotopic (exact) mass is 292 g/mol. The van der Waals surface area contributed by atoms with Crippen molar-refractivity contribution in [3.05, 3.63) is 12.4 Å². The molecule has 1 fully saturated rings. The summed E-state index contributed by atoms with van der Waals surface area (Å²) in [4.78, 5) is 1.86. The van der Waals surface area contributed by atoms with Gasteiger partial charge < -0.3 is 15.7 Å². The summed E-state index contributed by atoms with van der Waals surface area (Å²) in [6.45, 7) is 1.37. The SMILES string of the molecule is Nc1cnn(CC(O)CN2CCC(C(F)(F)F)CC2)c1. The number of likely N-dealkylation sites (tertiary alicyclic amines) is 1. The zero-order chi connectivity index (χ0) is 14.8. The van der Waals surface area contributed by atoms with Crippen molar-refractivity contribution in [2.24, 2.45) is 5.92 Å². The van der Waals surface area contributed by atoms with Crippen LogP contribution < -0.4 is 5.73 Å². The van der Waals surface area contributed by atoms with E-state index in [4.69, 9.17) is 5.73 Å². The molecule has 1 aliphatic rings. The lowest BCUT2D eigenvalue weighted by Gasteiger charge is -2.33. The second-order valence-electron chi connectivity index (χ2n) is 5.27. The van der Waals surface area contributed by atoms with Crippen molar-refractivity contribution < 1.29 is 18.3 Å². The molecule has 1 atom stereocenters. The maximum Gasteiger partial charge on any atom is 0.391 e. The van der Waals surface area contributed by atoms with E-state index in [2.05, 4.69) is 5.10 Å². The Hall–Kier alpha value is -1.28. The van der Waals surface area contributed by atoms with Crippen LogP contribution in [0, 0.1) is 5.92 Å². The number of nitrogens with two attached hydrogens (primary N) is 1. The van der Waals surface area contributed by atoms with Gasteiger partial charge in [-0.1, -0.05) is 0 Å². The van der Waals surface area contributed by atoms with Gasteiger partial charge in [0.05, 0.1) is 30.5 Å². The minimum atomic E-state index is -4.10. The van der Waals surface area contributed by atoms with E-state index in [1.807, 2.05) is 4.90 Å². The van der Waals surface area contributed by atoms with Gasteiger partial charge in [-0.2, -0.15) is 18.3 Å². The maximum atomic E-state index is 12.5. The van der Waals surface area contributed by atoms with E-state index in [1.165, 1.54) is 10.9 Å². The van der Waals surface area contributed by atoms with Crippen LogP contribution in [0.3, 0.4) is 0 Å². The molecule has 0 amide bonds. The molecular formula is C12H19F3N4O. The highest BCUT2D eigenvalue weighted by Crippen LogP contribution is 2.34. The molecule has 1 aromatic heterocycles. The molecule has 1 aliphatic heterocycles. The lowest BCUT2D eigenvalue weighted by Crippen LogP contribution is -2.43. The maximum absolute atomic E-state index is 12.5. The highest BCUT2D eigenvalue weighted by molar-refractivity contribution is 5.30. The molecule has 0 aromatic carbocycles. The van der Waals surface area contributed by atoms with E-state index < -0.39 is 18.2 Å².